The summed E-state index contributed by atoms with van der Waals surface area (Å²) in [5.41, 5.74) is 5.35. The Morgan fingerprint density at radius 1 is 1.13 bits per heavy atom. The molecule has 2 aromatic carbocycles. The third kappa shape index (κ3) is 3.76. The normalized spacial score (nSPS) is 13.4. The van der Waals surface area contributed by atoms with Gasteiger partial charge in [0, 0.05) is 16.9 Å². The van der Waals surface area contributed by atoms with E-state index in [1.54, 1.807) is 11.3 Å². The Kier molecular flexibility index (Phi) is 4.88. The molecule has 1 aliphatic carbocycles. The quantitative estimate of drug-likeness (QED) is 0.503. The van der Waals surface area contributed by atoms with E-state index >= 15 is 0 Å². The molecule has 0 saturated heterocycles. The van der Waals surface area contributed by atoms with Gasteiger partial charge in [0.25, 0.3) is 5.91 Å². The molecule has 0 radical (unpaired) electrons. The molecule has 0 atom stereocenters. The number of carbonyl (C=O) groups excluding carboxylic acids is 1. The minimum absolute atomic E-state index is 0.204. The Labute approximate surface area is 178 Å². The summed E-state index contributed by atoms with van der Waals surface area (Å²) < 4.78 is 1.81. The van der Waals surface area contributed by atoms with E-state index in [9.17, 15) is 4.79 Å². The van der Waals surface area contributed by atoms with Crippen molar-refractivity contribution in [2.24, 2.45) is 0 Å². The zero-order valence-electron chi connectivity index (χ0n) is 16.6. The highest BCUT2D eigenvalue weighted by Crippen LogP contribution is 2.42. The molecule has 6 nitrogen and oxygen atoms in total. The van der Waals surface area contributed by atoms with Gasteiger partial charge >= 0.3 is 0 Å². The van der Waals surface area contributed by atoms with Crippen molar-refractivity contribution in [3.05, 3.63) is 82.6 Å². The number of nitrogens with zero attached hydrogens (tertiary/aromatic N) is 4. The van der Waals surface area contributed by atoms with Crippen LogP contribution in [-0.4, -0.2) is 25.9 Å². The highest BCUT2D eigenvalue weighted by atomic mass is 32.1. The van der Waals surface area contributed by atoms with Gasteiger partial charge in [-0.05, 0) is 31.9 Å². The van der Waals surface area contributed by atoms with E-state index in [2.05, 4.69) is 20.6 Å². The molecule has 0 unspecified atom stereocenters. The van der Waals surface area contributed by atoms with Crippen LogP contribution < -0.4 is 5.32 Å². The first-order chi connectivity index (χ1) is 14.7. The predicted octanol–water partition coefficient (Wildman–Crippen LogP) is 4.51. The average molecular weight is 416 g/mol. The summed E-state index contributed by atoms with van der Waals surface area (Å²) >= 11 is 1.58. The van der Waals surface area contributed by atoms with Crippen molar-refractivity contribution in [2.45, 2.75) is 32.2 Å². The van der Waals surface area contributed by atoms with Crippen LogP contribution in [0.2, 0.25) is 0 Å². The Morgan fingerprint density at radius 3 is 2.63 bits per heavy atom. The van der Waals surface area contributed by atoms with Crippen molar-refractivity contribution in [3.8, 4) is 16.3 Å². The second-order valence-electron chi connectivity index (χ2n) is 7.54. The van der Waals surface area contributed by atoms with E-state index in [0.29, 0.717) is 18.2 Å². The molecule has 30 heavy (non-hydrogen) atoms. The topological polar surface area (TPSA) is 72.7 Å². The molecular weight excluding hydrogens is 394 g/mol. The van der Waals surface area contributed by atoms with Crippen molar-refractivity contribution < 1.29 is 4.79 Å². The van der Waals surface area contributed by atoms with Gasteiger partial charge in [0.2, 0.25) is 0 Å². The fourth-order valence-corrected chi connectivity index (χ4v) is 4.23. The van der Waals surface area contributed by atoms with E-state index in [1.165, 1.54) is 5.56 Å². The molecule has 5 rings (SSSR count). The molecule has 4 aromatic rings. The molecule has 1 amide bonds. The van der Waals surface area contributed by atoms with Crippen LogP contribution in [0, 0.1) is 6.92 Å². The third-order valence-corrected chi connectivity index (χ3v) is 6.11. The number of rotatable bonds is 6. The number of hydrogen-bond acceptors (Lipinski definition) is 5. The van der Waals surface area contributed by atoms with Gasteiger partial charge < -0.3 is 5.32 Å². The second-order valence-corrected chi connectivity index (χ2v) is 8.40. The van der Waals surface area contributed by atoms with Gasteiger partial charge in [0.1, 0.15) is 5.01 Å². The van der Waals surface area contributed by atoms with Crippen LogP contribution in [0.25, 0.3) is 16.3 Å². The minimum Gasteiger partial charge on any atom is -0.345 e. The van der Waals surface area contributed by atoms with E-state index in [1.807, 2.05) is 71.6 Å². The van der Waals surface area contributed by atoms with Crippen molar-refractivity contribution >= 4 is 17.2 Å². The smallest absolute Gasteiger partial charge is 0.274 e. The summed E-state index contributed by atoms with van der Waals surface area (Å²) in [6.45, 7) is 2.41. The molecule has 0 bridgehead atoms. The molecule has 1 N–H and O–H groups in total. The largest absolute Gasteiger partial charge is 0.345 e. The van der Waals surface area contributed by atoms with Crippen LogP contribution in [-0.2, 0) is 6.54 Å². The van der Waals surface area contributed by atoms with E-state index in [0.717, 1.165) is 40.5 Å². The van der Waals surface area contributed by atoms with Gasteiger partial charge in [-0.15, -0.1) is 16.4 Å². The van der Waals surface area contributed by atoms with Crippen LogP contribution in [0.5, 0.6) is 0 Å². The number of aryl methyl sites for hydroxylation is 1. The first-order valence-corrected chi connectivity index (χ1v) is 10.9. The SMILES string of the molecule is Cc1ccc(-n2nnc(C(=O)NCc3csc(-c4ccccc4)n3)c2C2CC2)cc1. The van der Waals surface area contributed by atoms with Crippen LogP contribution in [0.4, 0.5) is 0 Å². The summed E-state index contributed by atoms with van der Waals surface area (Å²) in [5, 5.41) is 14.4. The maximum atomic E-state index is 12.9. The monoisotopic (exact) mass is 415 g/mol. The van der Waals surface area contributed by atoms with Crippen molar-refractivity contribution in [3.63, 3.8) is 0 Å². The Balaban J connectivity index is 1.33. The lowest BCUT2D eigenvalue weighted by molar-refractivity contribution is 0.0944. The predicted molar refractivity (Wildman–Crippen MR) is 117 cm³/mol. The first-order valence-electron chi connectivity index (χ1n) is 9.99. The molecule has 2 heterocycles. The highest BCUT2D eigenvalue weighted by Gasteiger charge is 2.34. The summed E-state index contributed by atoms with van der Waals surface area (Å²) in [6, 6.07) is 18.2. The van der Waals surface area contributed by atoms with E-state index in [4.69, 9.17) is 0 Å². The maximum absolute atomic E-state index is 12.9. The lowest BCUT2D eigenvalue weighted by Crippen LogP contribution is -2.24. The summed E-state index contributed by atoms with van der Waals surface area (Å²) in [7, 11) is 0. The zero-order valence-corrected chi connectivity index (χ0v) is 17.4. The van der Waals surface area contributed by atoms with Gasteiger partial charge in [0.05, 0.1) is 23.6 Å². The number of nitrogens with one attached hydrogen (secondary N) is 1. The Bertz CT molecular complexity index is 1180. The van der Waals surface area contributed by atoms with Gasteiger partial charge in [-0.2, -0.15) is 0 Å². The number of amides is 1. The van der Waals surface area contributed by atoms with E-state index in [-0.39, 0.29) is 5.91 Å². The zero-order chi connectivity index (χ0) is 20.5. The van der Waals surface area contributed by atoms with Gasteiger partial charge in [0.15, 0.2) is 5.69 Å². The molecule has 1 aliphatic rings. The molecule has 1 fully saturated rings. The average Bonchev–Trinajstić information content (AvgIpc) is 3.33. The fourth-order valence-electron chi connectivity index (χ4n) is 3.41. The standard InChI is InChI=1S/C23H21N5OS/c1-15-7-11-19(12-8-15)28-21(16-9-10-16)20(26-27-28)22(29)24-13-18-14-30-23(25-18)17-5-3-2-4-6-17/h2-8,11-12,14,16H,9-10,13H2,1H3,(H,24,29). The van der Waals surface area contributed by atoms with E-state index < -0.39 is 0 Å². The van der Waals surface area contributed by atoms with Crippen LogP contribution in [0.15, 0.2) is 60.0 Å². The lowest BCUT2D eigenvalue weighted by atomic mass is 10.2. The third-order valence-electron chi connectivity index (χ3n) is 5.17. The number of carbonyl (C=O) groups is 1. The highest BCUT2D eigenvalue weighted by molar-refractivity contribution is 7.13. The molecule has 150 valence electrons. The molecule has 1 saturated carbocycles. The second kappa shape index (κ2) is 7.84. The number of thiazole rings is 1. The van der Waals surface area contributed by atoms with Crippen molar-refractivity contribution in [1.29, 1.82) is 0 Å². The first kappa shape index (κ1) is 18.7. The summed E-state index contributed by atoms with van der Waals surface area (Å²) in [5.74, 6) is 0.135. The molecule has 0 aliphatic heterocycles. The van der Waals surface area contributed by atoms with Crippen LogP contribution in [0.3, 0.4) is 0 Å². The van der Waals surface area contributed by atoms with Crippen molar-refractivity contribution in [2.75, 3.05) is 0 Å². The number of hydrogen-bond donors (Lipinski definition) is 1. The van der Waals surface area contributed by atoms with Crippen molar-refractivity contribution in [1.82, 2.24) is 25.3 Å². The fraction of sp³-hybridized carbons (Fsp3) is 0.217. The summed E-state index contributed by atoms with van der Waals surface area (Å²) in [4.78, 5) is 17.5. The van der Waals surface area contributed by atoms with Gasteiger partial charge in [-0.25, -0.2) is 9.67 Å². The maximum Gasteiger partial charge on any atom is 0.274 e. The Morgan fingerprint density at radius 2 is 1.90 bits per heavy atom. The molecule has 0 spiro atoms. The van der Waals surface area contributed by atoms with Crippen LogP contribution >= 0.6 is 11.3 Å². The minimum atomic E-state index is -0.204. The Hall–Kier alpha value is -3.32. The summed E-state index contributed by atoms with van der Waals surface area (Å²) in [6.07, 6.45) is 2.12. The molecular formula is C23H21N5OS. The number of benzene rings is 2. The van der Waals surface area contributed by atoms with Gasteiger partial charge in [-0.1, -0.05) is 53.2 Å². The van der Waals surface area contributed by atoms with Gasteiger partial charge in [-0.3, -0.25) is 4.79 Å². The lowest BCUT2D eigenvalue weighted by Gasteiger charge is -2.07. The molecule has 7 heteroatoms. The molecule has 2 aromatic heterocycles. The number of aromatic nitrogens is 4. The van der Waals surface area contributed by atoms with Crippen LogP contribution in [0.1, 0.15) is 46.2 Å².